The molecular weight excluding hydrogens is 827 g/mol. The van der Waals surface area contributed by atoms with Gasteiger partial charge in [0.15, 0.2) is 0 Å². The normalized spacial score (nSPS) is 14.0. The Hall–Kier alpha value is -3.48. The van der Waals surface area contributed by atoms with Gasteiger partial charge in [0, 0.05) is 6.42 Å². The molecule has 6 nitrogen and oxygen atoms in total. The van der Waals surface area contributed by atoms with E-state index in [0.717, 1.165) is 96.3 Å². The van der Waals surface area contributed by atoms with E-state index in [2.05, 4.69) is 86.8 Å². The van der Waals surface area contributed by atoms with Gasteiger partial charge in [0.2, 0.25) is 5.91 Å². The quantitative estimate of drug-likeness (QED) is 0.0321. The number of hydrogen-bond donors (Lipinski definition) is 3. The van der Waals surface area contributed by atoms with Crippen LogP contribution in [0.25, 0.3) is 0 Å². The van der Waals surface area contributed by atoms with E-state index in [1.165, 1.54) is 96.3 Å². The van der Waals surface area contributed by atoms with Crippen LogP contribution >= 0.6 is 0 Å². The summed E-state index contributed by atoms with van der Waals surface area (Å²) in [6, 6.07) is -0.728. The molecule has 0 saturated heterocycles. The first-order valence-corrected chi connectivity index (χ1v) is 27.7. The fraction of sp³-hybridized carbons (Fsp3) is 0.672. The summed E-state index contributed by atoms with van der Waals surface area (Å²) in [5.74, 6) is -0.548. The number of carbonyl (C=O) groups excluding carboxylic acids is 2. The average molecular weight is 930 g/mol. The first kappa shape index (κ1) is 63.5. The molecular formula is C61H103NO5. The lowest BCUT2D eigenvalue weighted by molar-refractivity contribution is -0.151. The Labute approximate surface area is 413 Å². The molecule has 0 aliphatic carbocycles. The zero-order valence-electron chi connectivity index (χ0n) is 43.5. The largest absolute Gasteiger partial charge is 0.462 e. The van der Waals surface area contributed by atoms with Crippen LogP contribution in [0.4, 0.5) is 0 Å². The van der Waals surface area contributed by atoms with Crippen LogP contribution in [-0.4, -0.2) is 46.9 Å². The second-order valence-corrected chi connectivity index (χ2v) is 18.5. The molecule has 0 bridgehead atoms. The molecule has 0 aromatic carbocycles. The van der Waals surface area contributed by atoms with Crippen molar-refractivity contribution in [2.75, 3.05) is 6.61 Å². The Morgan fingerprint density at radius 2 is 0.836 bits per heavy atom. The van der Waals surface area contributed by atoms with Gasteiger partial charge in [-0.25, -0.2) is 0 Å². The molecule has 67 heavy (non-hydrogen) atoms. The molecule has 0 aliphatic rings. The smallest absolute Gasteiger partial charge is 0.306 e. The maximum absolute atomic E-state index is 13.2. The van der Waals surface area contributed by atoms with E-state index in [4.69, 9.17) is 4.74 Å². The zero-order valence-corrected chi connectivity index (χ0v) is 43.5. The molecule has 1 amide bonds. The van der Waals surface area contributed by atoms with Crippen LogP contribution in [0.5, 0.6) is 0 Å². The minimum atomic E-state index is -0.811. The average Bonchev–Trinajstić information content (AvgIpc) is 3.32. The summed E-state index contributed by atoms with van der Waals surface area (Å²) in [5.41, 5.74) is 0. The molecule has 0 spiro atoms. The molecule has 3 atom stereocenters. The van der Waals surface area contributed by atoms with Gasteiger partial charge >= 0.3 is 5.97 Å². The Bertz CT molecular complexity index is 1370. The van der Waals surface area contributed by atoms with Crippen molar-refractivity contribution in [2.24, 2.45) is 0 Å². The van der Waals surface area contributed by atoms with E-state index in [9.17, 15) is 19.8 Å². The van der Waals surface area contributed by atoms with E-state index >= 15 is 0 Å². The van der Waals surface area contributed by atoms with Crippen molar-refractivity contribution in [3.63, 3.8) is 0 Å². The second-order valence-electron chi connectivity index (χ2n) is 18.5. The number of nitrogens with one attached hydrogen (secondary N) is 1. The maximum atomic E-state index is 13.2. The van der Waals surface area contributed by atoms with Gasteiger partial charge in [0.25, 0.3) is 0 Å². The highest BCUT2D eigenvalue weighted by molar-refractivity contribution is 5.77. The molecule has 0 aromatic rings. The number of aliphatic hydroxyl groups excluding tert-OH is 2. The van der Waals surface area contributed by atoms with Crippen molar-refractivity contribution in [1.82, 2.24) is 5.32 Å². The van der Waals surface area contributed by atoms with Gasteiger partial charge in [-0.2, -0.15) is 0 Å². The highest BCUT2D eigenvalue weighted by atomic mass is 16.5. The molecule has 382 valence electrons. The topological polar surface area (TPSA) is 95.9 Å². The first-order valence-electron chi connectivity index (χ1n) is 27.7. The number of hydrogen-bond acceptors (Lipinski definition) is 5. The predicted octanol–water partition coefficient (Wildman–Crippen LogP) is 17.1. The van der Waals surface area contributed by atoms with Crippen LogP contribution in [0.2, 0.25) is 0 Å². The number of allylic oxidation sites excluding steroid dienone is 18. The monoisotopic (exact) mass is 930 g/mol. The minimum Gasteiger partial charge on any atom is -0.462 e. The zero-order chi connectivity index (χ0) is 48.8. The molecule has 0 aromatic heterocycles. The number of rotatable bonds is 48. The fourth-order valence-electron chi connectivity index (χ4n) is 7.88. The van der Waals surface area contributed by atoms with Gasteiger partial charge in [0.05, 0.1) is 25.2 Å². The highest BCUT2D eigenvalue weighted by Gasteiger charge is 2.24. The maximum Gasteiger partial charge on any atom is 0.306 e. The van der Waals surface area contributed by atoms with Gasteiger partial charge in [-0.3, -0.25) is 9.59 Å². The summed E-state index contributed by atoms with van der Waals surface area (Å²) in [6.07, 6.45) is 72.9. The molecule has 0 fully saturated rings. The lowest BCUT2D eigenvalue weighted by atomic mass is 10.0. The number of unbranched alkanes of at least 4 members (excludes halogenated alkanes) is 25. The van der Waals surface area contributed by atoms with E-state index < -0.39 is 18.2 Å². The lowest BCUT2D eigenvalue weighted by Gasteiger charge is -2.24. The van der Waals surface area contributed by atoms with Crippen molar-refractivity contribution in [1.29, 1.82) is 0 Å². The molecule has 0 saturated carbocycles. The number of aliphatic hydroxyl groups is 2. The Morgan fingerprint density at radius 3 is 1.30 bits per heavy atom. The molecule has 0 aliphatic heterocycles. The fourth-order valence-corrected chi connectivity index (χ4v) is 7.88. The van der Waals surface area contributed by atoms with Crippen LogP contribution in [0.15, 0.2) is 109 Å². The summed E-state index contributed by atoms with van der Waals surface area (Å²) in [5, 5.41) is 23.8. The van der Waals surface area contributed by atoms with Crippen molar-refractivity contribution in [3.8, 4) is 0 Å². The third-order valence-corrected chi connectivity index (χ3v) is 12.0. The van der Waals surface area contributed by atoms with Gasteiger partial charge in [-0.05, 0) is 64.2 Å². The highest BCUT2D eigenvalue weighted by Crippen LogP contribution is 2.18. The number of carbonyl (C=O) groups is 2. The molecule has 0 heterocycles. The summed E-state index contributed by atoms with van der Waals surface area (Å²) >= 11 is 0. The Balaban J connectivity index is 4.64. The number of ether oxygens (including phenoxy) is 1. The minimum absolute atomic E-state index is 0.0342. The van der Waals surface area contributed by atoms with Gasteiger partial charge < -0.3 is 20.3 Å². The first-order chi connectivity index (χ1) is 33.0. The van der Waals surface area contributed by atoms with Crippen molar-refractivity contribution in [2.45, 2.75) is 257 Å². The molecule has 6 heteroatoms. The Kier molecular flexibility index (Phi) is 50.7. The number of amides is 1. The standard InChI is InChI=1S/C61H103NO5/c1-4-7-10-13-16-19-22-25-27-29-31-33-36-39-42-45-48-51-54-61(66)67-57(52-49-46-43-40-37-34-24-21-18-15-12-9-6-3)55-60(65)62-58(56-63)59(64)53-50-47-44-41-38-35-32-30-28-26-23-20-17-14-11-8-5-2/h9-10,12-13,15-16,18-19,21-22,24-25,27,29,31,33-34,37,57-59,63-64H,4-8,11,14,17,20,23,26,28,30,32,35-36,38-56H2,1-3H3,(H,62,65)/b12-9+,13-10+,18-15+,19-16+,24-21+,25-22+,29-27+,33-31+,37-34-. The molecule has 3 unspecified atom stereocenters. The lowest BCUT2D eigenvalue weighted by Crippen LogP contribution is -2.46. The summed E-state index contributed by atoms with van der Waals surface area (Å²) in [6.45, 7) is 6.25. The van der Waals surface area contributed by atoms with Gasteiger partial charge in [-0.1, -0.05) is 271 Å². The van der Waals surface area contributed by atoms with Crippen molar-refractivity contribution >= 4 is 11.9 Å². The van der Waals surface area contributed by atoms with E-state index in [0.29, 0.717) is 19.3 Å². The van der Waals surface area contributed by atoms with Crippen molar-refractivity contribution < 1.29 is 24.5 Å². The van der Waals surface area contributed by atoms with Crippen molar-refractivity contribution in [3.05, 3.63) is 109 Å². The third-order valence-electron chi connectivity index (χ3n) is 12.0. The summed E-state index contributed by atoms with van der Waals surface area (Å²) < 4.78 is 5.92. The summed E-state index contributed by atoms with van der Waals surface area (Å²) in [7, 11) is 0. The Morgan fingerprint density at radius 1 is 0.448 bits per heavy atom. The van der Waals surface area contributed by atoms with E-state index in [-0.39, 0.29) is 24.9 Å². The van der Waals surface area contributed by atoms with Crippen LogP contribution in [-0.2, 0) is 14.3 Å². The number of esters is 1. The van der Waals surface area contributed by atoms with Crippen LogP contribution < -0.4 is 5.32 Å². The third kappa shape index (κ3) is 48.8. The van der Waals surface area contributed by atoms with E-state index in [1.54, 1.807) is 0 Å². The van der Waals surface area contributed by atoms with Gasteiger partial charge in [0.1, 0.15) is 6.10 Å². The van der Waals surface area contributed by atoms with E-state index in [1.807, 2.05) is 48.6 Å². The second kappa shape index (κ2) is 53.5. The van der Waals surface area contributed by atoms with Crippen LogP contribution in [0.3, 0.4) is 0 Å². The van der Waals surface area contributed by atoms with Crippen LogP contribution in [0.1, 0.15) is 239 Å². The summed E-state index contributed by atoms with van der Waals surface area (Å²) in [4.78, 5) is 26.2. The molecule has 3 N–H and O–H groups in total. The molecule has 0 rings (SSSR count). The predicted molar refractivity (Wildman–Crippen MR) is 291 cm³/mol. The van der Waals surface area contributed by atoms with Crippen LogP contribution in [0, 0.1) is 0 Å². The van der Waals surface area contributed by atoms with Gasteiger partial charge in [-0.15, -0.1) is 0 Å². The SMILES string of the molecule is CC/C=C/C=C/C=C/C=C\CCCCCC(CC(=O)NC(CO)C(O)CCCCCCCCCCCCCCCCCCC)OC(=O)CCCCCCC/C=C/C=C/C=C/C=C/C=C/CCC. The molecule has 0 radical (unpaired) electrons.